The van der Waals surface area contributed by atoms with Crippen molar-refractivity contribution < 1.29 is 41.1 Å². The van der Waals surface area contributed by atoms with Gasteiger partial charge < -0.3 is 25.2 Å². The van der Waals surface area contributed by atoms with E-state index in [0.717, 1.165) is 6.07 Å². The van der Waals surface area contributed by atoms with Gasteiger partial charge in [-0.1, -0.05) is 17.7 Å². The number of alkyl halides is 3. The SMILES string of the molecule is CC(C)(C)OC(=O)N1CCC[C@H](C(=O)NCc2ccc(C(=O)Nc3ccc(Cl)cc3N3CCN(CCC(F)(F)F)CC3)c(F)c2F)C1. The Morgan fingerprint density at radius 2 is 1.68 bits per heavy atom. The lowest BCUT2D eigenvalue weighted by molar-refractivity contribution is -0.138. The predicted octanol–water partition coefficient (Wildman–Crippen LogP) is 6.21. The van der Waals surface area contributed by atoms with Crippen molar-refractivity contribution in [1.29, 1.82) is 0 Å². The maximum absolute atomic E-state index is 15.2. The lowest BCUT2D eigenvalue weighted by Crippen LogP contribution is -2.47. The highest BCUT2D eigenvalue weighted by Gasteiger charge is 2.32. The first-order valence-electron chi connectivity index (χ1n) is 15.4. The number of nitrogens with zero attached hydrogens (tertiary/aromatic N) is 3. The number of amides is 3. The Bertz CT molecular complexity index is 1460. The van der Waals surface area contributed by atoms with Crippen molar-refractivity contribution in [3.05, 3.63) is 58.1 Å². The molecule has 15 heteroatoms. The number of rotatable bonds is 8. The molecule has 0 radical (unpaired) electrons. The first-order valence-corrected chi connectivity index (χ1v) is 15.8. The molecule has 0 aliphatic carbocycles. The first-order chi connectivity index (χ1) is 22.0. The normalized spacial score (nSPS) is 17.8. The number of nitrogens with one attached hydrogen (secondary N) is 2. The van der Waals surface area contributed by atoms with Gasteiger partial charge in [0.05, 0.1) is 29.3 Å². The van der Waals surface area contributed by atoms with E-state index < -0.39 is 59.2 Å². The van der Waals surface area contributed by atoms with Crippen LogP contribution in [0.5, 0.6) is 0 Å². The van der Waals surface area contributed by atoms with Crippen molar-refractivity contribution in [3.63, 3.8) is 0 Å². The number of halogens is 6. The van der Waals surface area contributed by atoms with Crippen LogP contribution < -0.4 is 15.5 Å². The third-order valence-corrected chi connectivity index (χ3v) is 8.17. The summed E-state index contributed by atoms with van der Waals surface area (Å²) in [5.41, 5.74) is -0.644. The van der Waals surface area contributed by atoms with E-state index in [1.807, 2.05) is 4.90 Å². The monoisotopic (exact) mass is 687 g/mol. The van der Waals surface area contributed by atoms with Gasteiger partial charge in [-0.2, -0.15) is 13.2 Å². The highest BCUT2D eigenvalue weighted by atomic mass is 35.5. The highest BCUT2D eigenvalue weighted by Crippen LogP contribution is 2.32. The van der Waals surface area contributed by atoms with Gasteiger partial charge in [0.25, 0.3) is 5.91 Å². The summed E-state index contributed by atoms with van der Waals surface area (Å²) in [5, 5.41) is 5.55. The van der Waals surface area contributed by atoms with Crippen LogP contribution in [0.4, 0.5) is 38.1 Å². The number of likely N-dealkylation sites (tertiary alicyclic amines) is 1. The molecule has 2 fully saturated rings. The van der Waals surface area contributed by atoms with Gasteiger partial charge in [0.2, 0.25) is 5.91 Å². The minimum atomic E-state index is -4.25. The minimum absolute atomic E-state index is 0.117. The molecule has 4 rings (SSSR count). The molecule has 3 amide bonds. The molecule has 47 heavy (non-hydrogen) atoms. The number of hydrogen-bond acceptors (Lipinski definition) is 6. The summed E-state index contributed by atoms with van der Waals surface area (Å²) in [6, 6.07) is 6.95. The van der Waals surface area contributed by atoms with Crippen LogP contribution in [0.3, 0.4) is 0 Å². The van der Waals surface area contributed by atoms with E-state index >= 15 is 8.78 Å². The summed E-state index contributed by atoms with van der Waals surface area (Å²) in [4.78, 5) is 43.4. The second-order valence-corrected chi connectivity index (χ2v) is 13.1. The van der Waals surface area contributed by atoms with E-state index in [9.17, 15) is 27.6 Å². The summed E-state index contributed by atoms with van der Waals surface area (Å²) in [7, 11) is 0. The van der Waals surface area contributed by atoms with Gasteiger partial charge in [-0.3, -0.25) is 14.5 Å². The van der Waals surface area contributed by atoms with Crippen LogP contribution in [0.2, 0.25) is 5.02 Å². The Balaban J connectivity index is 1.37. The van der Waals surface area contributed by atoms with Crippen LogP contribution in [0.15, 0.2) is 30.3 Å². The Morgan fingerprint density at radius 3 is 2.34 bits per heavy atom. The van der Waals surface area contributed by atoms with E-state index in [-0.39, 0.29) is 30.9 Å². The van der Waals surface area contributed by atoms with E-state index in [2.05, 4.69) is 10.6 Å². The molecule has 2 aromatic carbocycles. The standard InChI is InChI=1S/C32H39ClF5N5O4/c1-31(2,3)47-30(46)43-11-4-5-21(19-43)28(44)39-18-20-6-8-23(27(35)26(20)34)29(45)40-24-9-7-22(33)17-25(24)42-15-13-41(14-16-42)12-10-32(36,37)38/h6-9,17,21H,4-5,10-16,18-19H2,1-3H3,(H,39,44)(H,40,45)/t21-/m0/s1. The largest absolute Gasteiger partial charge is 0.444 e. The Kier molecular flexibility index (Phi) is 11.6. The van der Waals surface area contributed by atoms with Crippen LogP contribution in [0.25, 0.3) is 0 Å². The van der Waals surface area contributed by atoms with E-state index in [0.29, 0.717) is 56.3 Å². The molecule has 0 aromatic heterocycles. The zero-order valence-electron chi connectivity index (χ0n) is 26.5. The average Bonchev–Trinajstić information content (AvgIpc) is 3.00. The van der Waals surface area contributed by atoms with Crippen molar-refractivity contribution in [3.8, 4) is 0 Å². The first kappa shape index (κ1) is 36.2. The zero-order valence-corrected chi connectivity index (χ0v) is 27.2. The number of anilines is 2. The van der Waals surface area contributed by atoms with Crippen LogP contribution in [0, 0.1) is 17.6 Å². The lowest BCUT2D eigenvalue weighted by atomic mass is 9.97. The molecule has 2 aliphatic rings. The van der Waals surface area contributed by atoms with Gasteiger partial charge in [-0.05, 0) is 57.9 Å². The van der Waals surface area contributed by atoms with Crippen molar-refractivity contribution in [2.24, 2.45) is 5.92 Å². The minimum Gasteiger partial charge on any atom is -0.444 e. The fourth-order valence-electron chi connectivity index (χ4n) is 5.47. The number of piperidine rings is 1. The van der Waals surface area contributed by atoms with Crippen LogP contribution in [-0.2, 0) is 16.1 Å². The van der Waals surface area contributed by atoms with Crippen LogP contribution in [-0.4, -0.2) is 85.3 Å². The summed E-state index contributed by atoms with van der Waals surface area (Å²) < 4.78 is 73.5. The second kappa shape index (κ2) is 15.1. The Hall–Kier alpha value is -3.65. The maximum Gasteiger partial charge on any atom is 0.410 e. The fourth-order valence-corrected chi connectivity index (χ4v) is 5.64. The third kappa shape index (κ3) is 10.2. The summed E-state index contributed by atoms with van der Waals surface area (Å²) in [5.74, 6) is -4.57. The van der Waals surface area contributed by atoms with E-state index in [4.69, 9.17) is 16.3 Å². The second-order valence-electron chi connectivity index (χ2n) is 12.7. The van der Waals surface area contributed by atoms with Crippen LogP contribution in [0.1, 0.15) is 56.0 Å². The molecule has 2 aromatic rings. The van der Waals surface area contributed by atoms with E-state index in [1.165, 1.54) is 23.1 Å². The number of carbonyl (C=O) groups excluding carboxylic acids is 3. The number of benzene rings is 2. The fraction of sp³-hybridized carbons (Fsp3) is 0.531. The predicted molar refractivity (Wildman–Crippen MR) is 167 cm³/mol. The molecule has 2 heterocycles. The summed E-state index contributed by atoms with van der Waals surface area (Å²) >= 11 is 6.19. The lowest BCUT2D eigenvalue weighted by Gasteiger charge is -2.37. The van der Waals surface area contributed by atoms with Crippen molar-refractivity contribution in [2.45, 2.75) is 58.4 Å². The summed E-state index contributed by atoms with van der Waals surface area (Å²) in [6.45, 7) is 6.82. The third-order valence-electron chi connectivity index (χ3n) is 7.94. The van der Waals surface area contributed by atoms with Gasteiger partial charge in [-0.25, -0.2) is 13.6 Å². The molecule has 258 valence electrons. The Morgan fingerprint density at radius 1 is 0.979 bits per heavy atom. The zero-order chi connectivity index (χ0) is 34.5. The molecule has 0 bridgehead atoms. The number of hydrogen-bond donors (Lipinski definition) is 2. The number of piperazine rings is 1. The van der Waals surface area contributed by atoms with Gasteiger partial charge in [-0.15, -0.1) is 0 Å². The highest BCUT2D eigenvalue weighted by molar-refractivity contribution is 6.31. The van der Waals surface area contributed by atoms with Crippen molar-refractivity contribution in [1.82, 2.24) is 15.1 Å². The molecule has 0 spiro atoms. The Labute approximate surface area is 275 Å². The number of ether oxygens (including phenoxy) is 1. The smallest absolute Gasteiger partial charge is 0.410 e. The molecule has 9 nitrogen and oxygen atoms in total. The van der Waals surface area contributed by atoms with Gasteiger partial charge in [0.15, 0.2) is 11.6 Å². The maximum atomic E-state index is 15.2. The van der Waals surface area contributed by atoms with Crippen molar-refractivity contribution >= 4 is 40.9 Å². The van der Waals surface area contributed by atoms with Gasteiger partial charge in [0, 0.05) is 62.9 Å². The quantitative estimate of drug-likeness (QED) is 0.321. The van der Waals surface area contributed by atoms with Crippen molar-refractivity contribution in [2.75, 3.05) is 56.0 Å². The molecule has 0 saturated carbocycles. The molecule has 2 N–H and O–H groups in total. The average molecular weight is 688 g/mol. The molecule has 2 saturated heterocycles. The molecular weight excluding hydrogens is 649 g/mol. The topological polar surface area (TPSA) is 94.2 Å². The molecule has 1 atom stereocenters. The molecule has 0 unspecified atom stereocenters. The summed E-state index contributed by atoms with van der Waals surface area (Å²) in [6.07, 6.45) is -4.58. The molecular formula is C32H39ClF5N5O4. The van der Waals surface area contributed by atoms with Gasteiger partial charge in [0.1, 0.15) is 5.60 Å². The van der Waals surface area contributed by atoms with E-state index in [1.54, 1.807) is 31.7 Å². The van der Waals surface area contributed by atoms with Gasteiger partial charge >= 0.3 is 12.3 Å². The van der Waals surface area contributed by atoms with Crippen LogP contribution >= 0.6 is 11.6 Å². The molecule has 2 aliphatic heterocycles. The number of carbonyl (C=O) groups is 3.